The van der Waals surface area contributed by atoms with E-state index in [9.17, 15) is 14.7 Å². The standard InChI is InChI=1S/C28H21NO5/c30-27(31)18-14-15-26(34-19-8-2-1-3-9-19)25(16-18)29-28(32)33-17-24-22-12-6-4-10-20(22)21-11-5-7-13-23(21)24/h1-16,24H,17H2,(H,29,32)(H,30,31). The van der Waals surface area contributed by atoms with Gasteiger partial charge in [-0.25, -0.2) is 9.59 Å². The Morgan fingerprint density at radius 3 is 2.06 bits per heavy atom. The monoisotopic (exact) mass is 451 g/mol. The van der Waals surface area contributed by atoms with Gasteiger partial charge in [0.25, 0.3) is 0 Å². The predicted octanol–water partition coefficient (Wildman–Crippen LogP) is 6.54. The Bertz CT molecular complexity index is 1320. The molecule has 0 saturated carbocycles. The van der Waals surface area contributed by atoms with Gasteiger partial charge in [0, 0.05) is 5.92 Å². The fraction of sp³-hybridized carbons (Fsp3) is 0.0714. The van der Waals surface area contributed by atoms with Crippen LogP contribution in [0.1, 0.15) is 27.4 Å². The zero-order valence-electron chi connectivity index (χ0n) is 18.1. The van der Waals surface area contributed by atoms with Gasteiger partial charge in [-0.3, -0.25) is 5.32 Å². The molecule has 6 nitrogen and oxygen atoms in total. The molecule has 1 aliphatic rings. The number of amides is 1. The lowest BCUT2D eigenvalue weighted by atomic mass is 9.98. The van der Waals surface area contributed by atoms with Crippen LogP contribution >= 0.6 is 0 Å². The number of rotatable bonds is 6. The topological polar surface area (TPSA) is 84.9 Å². The highest BCUT2D eigenvalue weighted by atomic mass is 16.5. The normalized spacial score (nSPS) is 11.9. The van der Waals surface area contributed by atoms with Gasteiger partial charge in [0.1, 0.15) is 12.4 Å². The Morgan fingerprint density at radius 1 is 0.794 bits per heavy atom. The number of nitrogens with one attached hydrogen (secondary N) is 1. The van der Waals surface area contributed by atoms with Crippen LogP contribution in [0.5, 0.6) is 11.5 Å². The highest BCUT2D eigenvalue weighted by molar-refractivity contribution is 5.93. The summed E-state index contributed by atoms with van der Waals surface area (Å²) in [5.41, 5.74) is 4.73. The Morgan fingerprint density at radius 2 is 1.41 bits per heavy atom. The molecule has 6 heteroatoms. The first-order chi connectivity index (χ1) is 16.6. The van der Waals surface area contributed by atoms with E-state index in [4.69, 9.17) is 9.47 Å². The lowest BCUT2D eigenvalue weighted by molar-refractivity contribution is 0.0696. The van der Waals surface area contributed by atoms with E-state index >= 15 is 0 Å². The van der Waals surface area contributed by atoms with Crippen LogP contribution in [0.25, 0.3) is 11.1 Å². The third-order valence-electron chi connectivity index (χ3n) is 5.78. The lowest BCUT2D eigenvalue weighted by Crippen LogP contribution is -2.18. The molecule has 0 heterocycles. The quantitative estimate of drug-likeness (QED) is 0.348. The molecule has 168 valence electrons. The molecule has 0 saturated heterocycles. The molecule has 0 radical (unpaired) electrons. The van der Waals surface area contributed by atoms with Crippen LogP contribution in [0.4, 0.5) is 10.5 Å². The van der Waals surface area contributed by atoms with Crippen LogP contribution in [-0.4, -0.2) is 23.8 Å². The van der Waals surface area contributed by atoms with E-state index in [0.29, 0.717) is 11.5 Å². The molecule has 4 aromatic rings. The highest BCUT2D eigenvalue weighted by Crippen LogP contribution is 2.44. The molecule has 0 aromatic heterocycles. The SMILES string of the molecule is O=C(Nc1cc(C(=O)O)ccc1Oc1ccccc1)OCC1c2ccccc2-c2ccccc21. The Balaban J connectivity index is 1.35. The third kappa shape index (κ3) is 4.21. The molecule has 4 aromatic carbocycles. The van der Waals surface area contributed by atoms with Crippen LogP contribution in [0.2, 0.25) is 0 Å². The number of aromatic carboxylic acids is 1. The van der Waals surface area contributed by atoms with Crippen molar-refractivity contribution in [3.63, 3.8) is 0 Å². The molecule has 0 spiro atoms. The zero-order chi connectivity index (χ0) is 23.5. The van der Waals surface area contributed by atoms with Crippen molar-refractivity contribution in [2.24, 2.45) is 0 Å². The highest BCUT2D eigenvalue weighted by Gasteiger charge is 2.29. The summed E-state index contributed by atoms with van der Waals surface area (Å²) in [6, 6.07) is 29.5. The van der Waals surface area contributed by atoms with Gasteiger partial charge in [-0.15, -0.1) is 0 Å². The molecule has 0 aliphatic heterocycles. The van der Waals surface area contributed by atoms with Crippen molar-refractivity contribution in [2.75, 3.05) is 11.9 Å². The molecule has 0 bridgehead atoms. The lowest BCUT2D eigenvalue weighted by Gasteiger charge is -2.16. The van der Waals surface area contributed by atoms with Crippen LogP contribution in [0.3, 0.4) is 0 Å². The van der Waals surface area contributed by atoms with Gasteiger partial charge in [0.2, 0.25) is 0 Å². The van der Waals surface area contributed by atoms with E-state index in [1.807, 2.05) is 54.6 Å². The second-order valence-corrected chi connectivity index (χ2v) is 7.88. The number of carboxylic acid groups (broad SMARTS) is 1. The maximum Gasteiger partial charge on any atom is 0.411 e. The predicted molar refractivity (Wildman–Crippen MR) is 129 cm³/mol. The second kappa shape index (κ2) is 9.11. The summed E-state index contributed by atoms with van der Waals surface area (Å²) >= 11 is 0. The van der Waals surface area contributed by atoms with Crippen LogP contribution in [0, 0.1) is 0 Å². The van der Waals surface area contributed by atoms with Crippen molar-refractivity contribution in [3.05, 3.63) is 114 Å². The fourth-order valence-corrected chi connectivity index (χ4v) is 4.21. The molecular formula is C28H21NO5. The molecule has 0 fully saturated rings. The van der Waals surface area contributed by atoms with Crippen LogP contribution in [-0.2, 0) is 4.74 Å². The number of benzene rings is 4. The van der Waals surface area contributed by atoms with Gasteiger partial charge in [-0.2, -0.15) is 0 Å². The molecular weight excluding hydrogens is 430 g/mol. The van der Waals surface area contributed by atoms with Gasteiger partial charge < -0.3 is 14.6 Å². The molecule has 1 aliphatic carbocycles. The van der Waals surface area contributed by atoms with Gasteiger partial charge in [-0.05, 0) is 52.6 Å². The van der Waals surface area contributed by atoms with Crippen molar-refractivity contribution in [1.29, 1.82) is 0 Å². The van der Waals surface area contributed by atoms with E-state index < -0.39 is 12.1 Å². The largest absolute Gasteiger partial charge is 0.478 e. The van der Waals surface area contributed by atoms with E-state index in [-0.39, 0.29) is 23.8 Å². The number of anilines is 1. The minimum absolute atomic E-state index is 0.0226. The van der Waals surface area contributed by atoms with Gasteiger partial charge in [0.05, 0.1) is 11.3 Å². The summed E-state index contributed by atoms with van der Waals surface area (Å²) < 4.78 is 11.4. The van der Waals surface area contributed by atoms with Crippen molar-refractivity contribution in [1.82, 2.24) is 0 Å². The van der Waals surface area contributed by atoms with Crippen LogP contribution < -0.4 is 10.1 Å². The number of carbonyl (C=O) groups is 2. The summed E-state index contributed by atoms with van der Waals surface area (Å²) in [5, 5.41) is 12.0. The summed E-state index contributed by atoms with van der Waals surface area (Å²) in [6.07, 6.45) is -0.692. The number of para-hydroxylation sites is 1. The molecule has 0 atom stereocenters. The van der Waals surface area contributed by atoms with Crippen molar-refractivity contribution in [3.8, 4) is 22.6 Å². The van der Waals surface area contributed by atoms with Crippen LogP contribution in [0.15, 0.2) is 97.1 Å². The zero-order valence-corrected chi connectivity index (χ0v) is 18.1. The number of fused-ring (bicyclic) bond motifs is 3. The number of hydrogen-bond donors (Lipinski definition) is 2. The van der Waals surface area contributed by atoms with Gasteiger partial charge in [-0.1, -0.05) is 66.7 Å². The molecule has 1 amide bonds. The third-order valence-corrected chi connectivity index (χ3v) is 5.78. The summed E-state index contributed by atoms with van der Waals surface area (Å²) in [5.74, 6) is -0.323. The maximum atomic E-state index is 12.7. The summed E-state index contributed by atoms with van der Waals surface area (Å²) in [7, 11) is 0. The number of carbonyl (C=O) groups excluding carboxylic acids is 1. The number of carboxylic acids is 1. The van der Waals surface area contributed by atoms with E-state index in [1.165, 1.54) is 18.2 Å². The average molecular weight is 451 g/mol. The number of ether oxygens (including phenoxy) is 2. The maximum absolute atomic E-state index is 12.7. The van der Waals surface area contributed by atoms with E-state index in [2.05, 4.69) is 17.4 Å². The average Bonchev–Trinajstić information content (AvgIpc) is 3.18. The van der Waals surface area contributed by atoms with Crippen molar-refractivity contribution in [2.45, 2.75) is 5.92 Å². The molecule has 34 heavy (non-hydrogen) atoms. The molecule has 2 N–H and O–H groups in total. The fourth-order valence-electron chi connectivity index (χ4n) is 4.21. The summed E-state index contributed by atoms with van der Waals surface area (Å²) in [6.45, 7) is 0.146. The molecule has 0 unspecified atom stereocenters. The van der Waals surface area contributed by atoms with Crippen molar-refractivity contribution < 1.29 is 24.2 Å². The van der Waals surface area contributed by atoms with Gasteiger partial charge >= 0.3 is 12.1 Å². The Hall–Kier alpha value is -4.58. The molecule has 5 rings (SSSR count). The summed E-state index contributed by atoms with van der Waals surface area (Å²) in [4.78, 5) is 24.2. The van der Waals surface area contributed by atoms with Crippen molar-refractivity contribution >= 4 is 17.7 Å². The Labute approximate surface area is 196 Å². The first kappa shape index (κ1) is 21.3. The first-order valence-corrected chi connectivity index (χ1v) is 10.8. The second-order valence-electron chi connectivity index (χ2n) is 7.88. The minimum atomic E-state index is -1.11. The van der Waals surface area contributed by atoms with Gasteiger partial charge in [0.15, 0.2) is 5.75 Å². The minimum Gasteiger partial charge on any atom is -0.478 e. The van der Waals surface area contributed by atoms with E-state index in [1.54, 1.807) is 12.1 Å². The number of hydrogen-bond acceptors (Lipinski definition) is 4. The van der Waals surface area contributed by atoms with E-state index in [0.717, 1.165) is 22.3 Å². The Kier molecular flexibility index (Phi) is 5.70. The smallest absolute Gasteiger partial charge is 0.411 e. The first-order valence-electron chi connectivity index (χ1n) is 10.8.